The number of fused-ring (bicyclic) bond motifs is 1. The van der Waals surface area contributed by atoms with Crippen LogP contribution in [0.3, 0.4) is 0 Å². The Morgan fingerprint density at radius 3 is 2.85 bits per heavy atom. The van der Waals surface area contributed by atoms with E-state index >= 15 is 0 Å². The Labute approximate surface area is 119 Å². The van der Waals surface area contributed by atoms with Crippen LogP contribution in [-0.4, -0.2) is 12.4 Å². The van der Waals surface area contributed by atoms with Crippen LogP contribution in [0.25, 0.3) is 0 Å². The van der Waals surface area contributed by atoms with Crippen LogP contribution in [0, 0.1) is 5.41 Å². The number of para-hydroxylation sites is 1. The van der Waals surface area contributed by atoms with E-state index in [0.29, 0.717) is 0 Å². The minimum atomic E-state index is 0.130. The highest BCUT2D eigenvalue weighted by atomic mass is 15.1. The molecule has 0 amide bonds. The summed E-state index contributed by atoms with van der Waals surface area (Å²) < 4.78 is 0. The van der Waals surface area contributed by atoms with Crippen molar-refractivity contribution < 1.29 is 0 Å². The number of nitrogen functional groups attached to an aromatic ring is 1. The van der Waals surface area contributed by atoms with Crippen molar-refractivity contribution in [1.29, 1.82) is 5.41 Å². The number of rotatable bonds is 3. The first-order valence-corrected chi connectivity index (χ1v) is 7.00. The van der Waals surface area contributed by atoms with Gasteiger partial charge in [-0.1, -0.05) is 36.4 Å². The van der Waals surface area contributed by atoms with E-state index in [-0.39, 0.29) is 5.84 Å². The fraction of sp³-hybridized carbons (Fsp3) is 0.235. The van der Waals surface area contributed by atoms with Crippen LogP contribution in [0.1, 0.15) is 23.1 Å². The summed E-state index contributed by atoms with van der Waals surface area (Å²) in [6, 6.07) is 16.6. The van der Waals surface area contributed by atoms with E-state index in [2.05, 4.69) is 35.2 Å². The molecule has 0 bridgehead atoms. The molecular formula is C17H19N3. The van der Waals surface area contributed by atoms with E-state index in [1.807, 2.05) is 18.2 Å². The van der Waals surface area contributed by atoms with E-state index in [0.717, 1.165) is 18.7 Å². The average Bonchev–Trinajstić information content (AvgIpc) is 2.48. The van der Waals surface area contributed by atoms with Crippen molar-refractivity contribution in [3.8, 4) is 0 Å². The predicted octanol–water partition coefficient (Wildman–Crippen LogP) is 2.92. The number of benzene rings is 2. The lowest BCUT2D eigenvalue weighted by molar-refractivity contribution is 0.691. The molecule has 2 aromatic carbocycles. The molecular weight excluding hydrogens is 246 g/mol. The maximum absolute atomic E-state index is 7.53. The lowest BCUT2D eigenvalue weighted by Crippen LogP contribution is -2.28. The van der Waals surface area contributed by atoms with Gasteiger partial charge in [-0.2, -0.15) is 0 Å². The fourth-order valence-electron chi connectivity index (χ4n) is 2.83. The SMILES string of the molecule is N=C(N)c1cccc(CN2CCCc3ccccc32)c1. The van der Waals surface area contributed by atoms with Gasteiger partial charge in [0.15, 0.2) is 0 Å². The van der Waals surface area contributed by atoms with E-state index in [1.165, 1.54) is 29.7 Å². The van der Waals surface area contributed by atoms with Gasteiger partial charge in [0, 0.05) is 24.3 Å². The summed E-state index contributed by atoms with van der Waals surface area (Å²) in [6.45, 7) is 1.96. The van der Waals surface area contributed by atoms with Crippen molar-refractivity contribution in [2.45, 2.75) is 19.4 Å². The van der Waals surface area contributed by atoms with Gasteiger partial charge in [0.25, 0.3) is 0 Å². The van der Waals surface area contributed by atoms with Gasteiger partial charge < -0.3 is 10.6 Å². The summed E-state index contributed by atoms with van der Waals surface area (Å²) in [5.41, 5.74) is 10.3. The molecule has 3 rings (SSSR count). The van der Waals surface area contributed by atoms with Gasteiger partial charge in [0.2, 0.25) is 0 Å². The van der Waals surface area contributed by atoms with Crippen LogP contribution in [0.2, 0.25) is 0 Å². The van der Waals surface area contributed by atoms with Crippen LogP contribution < -0.4 is 10.6 Å². The number of nitrogens with zero attached hydrogens (tertiary/aromatic N) is 1. The maximum atomic E-state index is 7.53. The number of anilines is 1. The van der Waals surface area contributed by atoms with Gasteiger partial charge in [0.1, 0.15) is 5.84 Å². The van der Waals surface area contributed by atoms with Crippen LogP contribution in [0.15, 0.2) is 48.5 Å². The molecule has 0 saturated carbocycles. The molecule has 0 aliphatic carbocycles. The molecule has 1 aliphatic heterocycles. The highest BCUT2D eigenvalue weighted by Gasteiger charge is 2.16. The zero-order valence-corrected chi connectivity index (χ0v) is 11.5. The molecule has 2 aromatic rings. The quantitative estimate of drug-likeness (QED) is 0.662. The molecule has 1 heterocycles. The third kappa shape index (κ3) is 2.52. The first-order chi connectivity index (χ1) is 9.74. The number of nitrogens with two attached hydrogens (primary N) is 1. The third-order valence-electron chi connectivity index (χ3n) is 3.82. The minimum absolute atomic E-state index is 0.130. The molecule has 0 saturated heterocycles. The van der Waals surface area contributed by atoms with Gasteiger partial charge in [-0.15, -0.1) is 0 Å². The summed E-state index contributed by atoms with van der Waals surface area (Å²) in [4.78, 5) is 2.41. The van der Waals surface area contributed by atoms with Crippen molar-refractivity contribution >= 4 is 11.5 Å². The van der Waals surface area contributed by atoms with Gasteiger partial charge in [-0.25, -0.2) is 0 Å². The van der Waals surface area contributed by atoms with E-state index in [1.54, 1.807) is 0 Å². The van der Waals surface area contributed by atoms with Crippen LogP contribution in [0.5, 0.6) is 0 Å². The molecule has 3 heteroatoms. The summed E-state index contributed by atoms with van der Waals surface area (Å²) >= 11 is 0. The Morgan fingerprint density at radius 1 is 1.15 bits per heavy atom. The van der Waals surface area contributed by atoms with E-state index in [4.69, 9.17) is 11.1 Å². The van der Waals surface area contributed by atoms with Gasteiger partial charge in [-0.05, 0) is 36.1 Å². The second-order valence-corrected chi connectivity index (χ2v) is 5.27. The second kappa shape index (κ2) is 5.37. The van der Waals surface area contributed by atoms with Crippen molar-refractivity contribution in [2.75, 3.05) is 11.4 Å². The molecule has 1 aliphatic rings. The largest absolute Gasteiger partial charge is 0.384 e. The van der Waals surface area contributed by atoms with Crippen LogP contribution >= 0.6 is 0 Å². The Bertz CT molecular complexity index is 634. The zero-order chi connectivity index (χ0) is 13.9. The number of nitrogens with one attached hydrogen (secondary N) is 1. The number of aryl methyl sites for hydroxylation is 1. The molecule has 0 unspecified atom stereocenters. The molecule has 102 valence electrons. The zero-order valence-electron chi connectivity index (χ0n) is 11.5. The maximum Gasteiger partial charge on any atom is 0.122 e. The second-order valence-electron chi connectivity index (χ2n) is 5.27. The standard InChI is InChI=1S/C17H19N3/c18-17(19)15-7-3-5-13(11-15)12-20-10-4-8-14-6-1-2-9-16(14)20/h1-3,5-7,9,11H,4,8,10,12H2,(H3,18,19). The highest BCUT2D eigenvalue weighted by molar-refractivity contribution is 5.95. The topological polar surface area (TPSA) is 53.1 Å². The monoisotopic (exact) mass is 265 g/mol. The normalized spacial score (nSPS) is 13.9. The Morgan fingerprint density at radius 2 is 2.00 bits per heavy atom. The Hall–Kier alpha value is -2.29. The number of hydrogen-bond acceptors (Lipinski definition) is 2. The van der Waals surface area contributed by atoms with Gasteiger partial charge in [-0.3, -0.25) is 5.41 Å². The molecule has 0 radical (unpaired) electrons. The number of amidine groups is 1. The Balaban J connectivity index is 1.85. The third-order valence-corrected chi connectivity index (χ3v) is 3.82. The molecule has 20 heavy (non-hydrogen) atoms. The van der Waals surface area contributed by atoms with Gasteiger partial charge in [0.05, 0.1) is 0 Å². The molecule has 0 spiro atoms. The lowest BCUT2D eigenvalue weighted by Gasteiger charge is -2.31. The summed E-state index contributed by atoms with van der Waals surface area (Å²) in [6.07, 6.45) is 2.36. The summed E-state index contributed by atoms with van der Waals surface area (Å²) in [5, 5.41) is 7.53. The lowest BCUT2D eigenvalue weighted by atomic mass is 10.0. The first-order valence-electron chi connectivity index (χ1n) is 7.00. The molecule has 0 aromatic heterocycles. The highest BCUT2D eigenvalue weighted by Crippen LogP contribution is 2.28. The van der Waals surface area contributed by atoms with E-state index < -0.39 is 0 Å². The van der Waals surface area contributed by atoms with Crippen molar-refractivity contribution in [3.05, 3.63) is 65.2 Å². The van der Waals surface area contributed by atoms with Crippen LogP contribution in [0.4, 0.5) is 5.69 Å². The predicted molar refractivity (Wildman–Crippen MR) is 83.3 cm³/mol. The average molecular weight is 265 g/mol. The fourth-order valence-corrected chi connectivity index (χ4v) is 2.83. The molecule has 0 fully saturated rings. The van der Waals surface area contributed by atoms with Gasteiger partial charge >= 0.3 is 0 Å². The van der Waals surface area contributed by atoms with Crippen molar-refractivity contribution in [2.24, 2.45) is 5.73 Å². The first kappa shape index (κ1) is 12.7. The number of hydrogen-bond donors (Lipinski definition) is 2. The molecule has 3 N–H and O–H groups in total. The molecule has 0 atom stereocenters. The smallest absolute Gasteiger partial charge is 0.122 e. The summed E-state index contributed by atoms with van der Waals surface area (Å²) in [5.74, 6) is 0.130. The van der Waals surface area contributed by atoms with E-state index in [9.17, 15) is 0 Å². The van der Waals surface area contributed by atoms with Crippen molar-refractivity contribution in [3.63, 3.8) is 0 Å². The summed E-state index contributed by atoms with van der Waals surface area (Å²) in [7, 11) is 0. The van der Waals surface area contributed by atoms with Crippen molar-refractivity contribution in [1.82, 2.24) is 0 Å². The Kier molecular flexibility index (Phi) is 3.42. The van der Waals surface area contributed by atoms with Crippen LogP contribution in [-0.2, 0) is 13.0 Å². The molecule has 3 nitrogen and oxygen atoms in total. The minimum Gasteiger partial charge on any atom is -0.384 e.